The minimum Gasteiger partial charge on any atom is -0.382 e. The van der Waals surface area contributed by atoms with Gasteiger partial charge in [-0.1, -0.05) is 23.8 Å². The summed E-state index contributed by atoms with van der Waals surface area (Å²) in [5, 5.41) is 4.23. The van der Waals surface area contributed by atoms with Crippen LogP contribution in [0.5, 0.6) is 0 Å². The van der Waals surface area contributed by atoms with Crippen LogP contribution < -0.4 is 5.73 Å². The largest absolute Gasteiger partial charge is 0.382 e. The first-order chi connectivity index (χ1) is 7.20. The van der Waals surface area contributed by atoms with E-state index in [1.807, 2.05) is 16.8 Å². The lowest BCUT2D eigenvalue weighted by Crippen LogP contribution is -1.99. The van der Waals surface area contributed by atoms with Crippen molar-refractivity contribution in [1.82, 2.24) is 9.78 Å². The van der Waals surface area contributed by atoms with Gasteiger partial charge in [-0.3, -0.25) is 4.68 Å². The number of anilines is 1. The number of hydrogen-bond acceptors (Lipinski definition) is 2. The van der Waals surface area contributed by atoms with Crippen molar-refractivity contribution in [2.75, 3.05) is 5.73 Å². The molecule has 0 spiro atoms. The number of benzene rings is 1. The van der Waals surface area contributed by atoms with Gasteiger partial charge in [0.05, 0.1) is 5.69 Å². The number of nitrogens with two attached hydrogens (primary N) is 1. The molecule has 1 aromatic carbocycles. The van der Waals surface area contributed by atoms with Crippen LogP contribution in [0.15, 0.2) is 30.3 Å². The maximum Gasteiger partial charge on any atom is 0.146 e. The lowest BCUT2D eigenvalue weighted by Gasteiger charge is -2.04. The minimum absolute atomic E-state index is 0.577. The quantitative estimate of drug-likeness (QED) is 0.811. The highest BCUT2D eigenvalue weighted by molar-refractivity contribution is 5.63. The molecule has 0 saturated carbocycles. The summed E-state index contributed by atoms with van der Waals surface area (Å²) < 4.78 is 1.92. The molecule has 2 aromatic rings. The molecule has 3 nitrogen and oxygen atoms in total. The summed E-state index contributed by atoms with van der Waals surface area (Å²) in [6.07, 6.45) is 0. The highest BCUT2D eigenvalue weighted by Gasteiger charge is 2.06. The highest BCUT2D eigenvalue weighted by atomic mass is 15.3. The normalized spacial score (nSPS) is 10.5. The monoisotopic (exact) mass is 201 g/mol. The molecule has 0 aliphatic heterocycles. The van der Waals surface area contributed by atoms with E-state index in [1.165, 1.54) is 11.1 Å². The van der Waals surface area contributed by atoms with Gasteiger partial charge >= 0.3 is 0 Å². The molecule has 1 heterocycles. The van der Waals surface area contributed by atoms with E-state index in [9.17, 15) is 0 Å². The van der Waals surface area contributed by atoms with Gasteiger partial charge in [0, 0.05) is 18.2 Å². The first-order valence-corrected chi connectivity index (χ1v) is 5.11. The summed E-state index contributed by atoms with van der Waals surface area (Å²) in [5.41, 5.74) is 9.19. The molecule has 78 valence electrons. The standard InChI is InChI=1S/C12H15N3/c1-3-15-11(8-12(13)14-15)10-6-4-5-9(2)7-10/h4-8H,3H2,1-2H3,(H2,13,14). The van der Waals surface area contributed by atoms with Gasteiger partial charge in [0.1, 0.15) is 5.82 Å². The van der Waals surface area contributed by atoms with Gasteiger partial charge in [-0.15, -0.1) is 0 Å². The fraction of sp³-hybridized carbons (Fsp3) is 0.250. The molecule has 0 aliphatic carbocycles. The summed E-state index contributed by atoms with van der Waals surface area (Å²) in [7, 11) is 0. The van der Waals surface area contributed by atoms with Crippen LogP contribution in [-0.4, -0.2) is 9.78 Å². The third kappa shape index (κ3) is 1.86. The average Bonchev–Trinajstić information content (AvgIpc) is 2.59. The van der Waals surface area contributed by atoms with Crippen molar-refractivity contribution in [3.8, 4) is 11.3 Å². The van der Waals surface area contributed by atoms with Crippen LogP contribution in [0.1, 0.15) is 12.5 Å². The highest BCUT2D eigenvalue weighted by Crippen LogP contribution is 2.22. The van der Waals surface area contributed by atoms with Gasteiger partial charge in [-0.05, 0) is 19.9 Å². The lowest BCUT2D eigenvalue weighted by atomic mass is 10.1. The zero-order chi connectivity index (χ0) is 10.8. The number of rotatable bonds is 2. The van der Waals surface area contributed by atoms with Crippen molar-refractivity contribution in [3.05, 3.63) is 35.9 Å². The topological polar surface area (TPSA) is 43.8 Å². The molecular weight excluding hydrogens is 186 g/mol. The molecule has 15 heavy (non-hydrogen) atoms. The molecule has 2 N–H and O–H groups in total. The Hall–Kier alpha value is -1.77. The predicted molar refractivity (Wildman–Crippen MR) is 62.5 cm³/mol. The smallest absolute Gasteiger partial charge is 0.146 e. The fourth-order valence-electron chi connectivity index (χ4n) is 1.71. The fourth-order valence-corrected chi connectivity index (χ4v) is 1.71. The van der Waals surface area contributed by atoms with Gasteiger partial charge in [-0.2, -0.15) is 5.10 Å². The Bertz CT molecular complexity index is 471. The van der Waals surface area contributed by atoms with E-state index < -0.39 is 0 Å². The maximum atomic E-state index is 5.70. The molecule has 0 fully saturated rings. The number of hydrogen-bond donors (Lipinski definition) is 1. The number of aromatic nitrogens is 2. The van der Waals surface area contributed by atoms with Crippen molar-refractivity contribution in [1.29, 1.82) is 0 Å². The zero-order valence-corrected chi connectivity index (χ0v) is 9.07. The molecule has 3 heteroatoms. The van der Waals surface area contributed by atoms with Crippen LogP contribution in [0.2, 0.25) is 0 Å². The Morgan fingerprint density at radius 1 is 1.33 bits per heavy atom. The van der Waals surface area contributed by atoms with Crippen molar-refractivity contribution in [2.24, 2.45) is 0 Å². The van der Waals surface area contributed by atoms with Crippen molar-refractivity contribution in [2.45, 2.75) is 20.4 Å². The Kier molecular flexibility index (Phi) is 2.46. The van der Waals surface area contributed by atoms with Crippen molar-refractivity contribution >= 4 is 5.82 Å². The van der Waals surface area contributed by atoms with Crippen molar-refractivity contribution in [3.63, 3.8) is 0 Å². The van der Waals surface area contributed by atoms with Crippen molar-refractivity contribution < 1.29 is 0 Å². The summed E-state index contributed by atoms with van der Waals surface area (Å²) in [6.45, 7) is 4.98. The van der Waals surface area contributed by atoms with Gasteiger partial charge in [-0.25, -0.2) is 0 Å². The molecule has 1 aromatic heterocycles. The molecule has 0 radical (unpaired) electrons. The maximum absolute atomic E-state index is 5.70. The Morgan fingerprint density at radius 2 is 2.13 bits per heavy atom. The molecule has 0 amide bonds. The van der Waals surface area contributed by atoms with Crippen LogP contribution in [-0.2, 0) is 6.54 Å². The minimum atomic E-state index is 0.577. The summed E-state index contributed by atoms with van der Waals surface area (Å²) >= 11 is 0. The van der Waals surface area contributed by atoms with Gasteiger partial charge in [0.25, 0.3) is 0 Å². The van der Waals surface area contributed by atoms with Gasteiger partial charge < -0.3 is 5.73 Å². The first-order valence-electron chi connectivity index (χ1n) is 5.11. The second kappa shape index (κ2) is 3.77. The number of nitrogen functional groups attached to an aromatic ring is 1. The van der Waals surface area contributed by atoms with E-state index in [1.54, 1.807) is 0 Å². The first kappa shape index (κ1) is 9.77. The SMILES string of the molecule is CCn1nc(N)cc1-c1cccc(C)c1. The molecule has 0 bridgehead atoms. The second-order valence-corrected chi connectivity index (χ2v) is 3.64. The predicted octanol–water partition coefficient (Wildman–Crippen LogP) is 2.46. The summed E-state index contributed by atoms with van der Waals surface area (Å²) in [6, 6.07) is 10.3. The third-order valence-corrected chi connectivity index (χ3v) is 2.41. The van der Waals surface area contributed by atoms with E-state index in [2.05, 4.69) is 37.1 Å². The van der Waals surface area contributed by atoms with Crippen LogP contribution in [0.25, 0.3) is 11.3 Å². The van der Waals surface area contributed by atoms with Crippen LogP contribution >= 0.6 is 0 Å². The van der Waals surface area contributed by atoms with E-state index >= 15 is 0 Å². The molecule has 0 aliphatic rings. The van der Waals surface area contributed by atoms with Gasteiger partial charge in [0.15, 0.2) is 0 Å². The average molecular weight is 201 g/mol. The zero-order valence-electron chi connectivity index (χ0n) is 9.07. The van der Waals surface area contributed by atoms with Crippen LogP contribution in [0, 0.1) is 6.92 Å². The van der Waals surface area contributed by atoms with Gasteiger partial charge in [0.2, 0.25) is 0 Å². The van der Waals surface area contributed by atoms with E-state index in [-0.39, 0.29) is 0 Å². The van der Waals surface area contributed by atoms with Crippen LogP contribution in [0.3, 0.4) is 0 Å². The molecule has 0 atom stereocenters. The second-order valence-electron chi connectivity index (χ2n) is 3.64. The number of aryl methyl sites for hydroxylation is 2. The van der Waals surface area contributed by atoms with E-state index in [4.69, 9.17) is 5.73 Å². The molecular formula is C12H15N3. The lowest BCUT2D eigenvalue weighted by molar-refractivity contribution is 0.670. The van der Waals surface area contributed by atoms with E-state index in [0.29, 0.717) is 5.82 Å². The molecule has 0 saturated heterocycles. The Morgan fingerprint density at radius 3 is 2.80 bits per heavy atom. The Balaban J connectivity index is 2.53. The van der Waals surface area contributed by atoms with Crippen LogP contribution in [0.4, 0.5) is 5.82 Å². The summed E-state index contributed by atoms with van der Waals surface area (Å²) in [4.78, 5) is 0. The van der Waals surface area contributed by atoms with E-state index in [0.717, 1.165) is 12.2 Å². The summed E-state index contributed by atoms with van der Waals surface area (Å²) in [5.74, 6) is 0.577. The Labute approximate surface area is 89.5 Å². The number of nitrogens with zero attached hydrogens (tertiary/aromatic N) is 2. The molecule has 0 unspecified atom stereocenters. The third-order valence-electron chi connectivity index (χ3n) is 2.41. The molecule has 2 rings (SSSR count).